The van der Waals surface area contributed by atoms with E-state index < -0.39 is 0 Å². The van der Waals surface area contributed by atoms with Crippen molar-refractivity contribution in [3.05, 3.63) is 28.2 Å². The monoisotopic (exact) mass is 296 g/mol. The molecule has 0 saturated carbocycles. The van der Waals surface area contributed by atoms with E-state index in [0.717, 1.165) is 10.4 Å². The Balaban J connectivity index is 2.12. The molecule has 0 unspecified atom stereocenters. The highest BCUT2D eigenvalue weighted by molar-refractivity contribution is 9.10. The maximum absolute atomic E-state index is 5.83. The standard InChI is InChI=1S/C14H21BrN2/c1-2-11-5-7-17(8-6-11)14-4-3-13(15)9-12(14)10-16/h3-4,9,11H,2,5-8,10,16H2,1H3. The van der Waals surface area contributed by atoms with Gasteiger partial charge in [0, 0.05) is 29.8 Å². The van der Waals surface area contributed by atoms with Gasteiger partial charge in [-0.05, 0) is 42.5 Å². The summed E-state index contributed by atoms with van der Waals surface area (Å²) in [7, 11) is 0. The Morgan fingerprint density at radius 1 is 1.35 bits per heavy atom. The zero-order valence-electron chi connectivity index (χ0n) is 10.5. The van der Waals surface area contributed by atoms with Gasteiger partial charge in [0.2, 0.25) is 0 Å². The summed E-state index contributed by atoms with van der Waals surface area (Å²) in [6.07, 6.45) is 3.95. The highest BCUT2D eigenvalue weighted by atomic mass is 79.9. The van der Waals surface area contributed by atoms with Crippen molar-refractivity contribution in [2.75, 3.05) is 18.0 Å². The van der Waals surface area contributed by atoms with Gasteiger partial charge in [0.05, 0.1) is 0 Å². The van der Waals surface area contributed by atoms with E-state index >= 15 is 0 Å². The van der Waals surface area contributed by atoms with Crippen molar-refractivity contribution in [1.82, 2.24) is 0 Å². The lowest BCUT2D eigenvalue weighted by molar-refractivity contribution is 0.395. The molecular formula is C14H21BrN2. The molecule has 2 rings (SSSR count). The minimum Gasteiger partial charge on any atom is -0.371 e. The van der Waals surface area contributed by atoms with E-state index in [2.05, 4.69) is 46.0 Å². The number of anilines is 1. The third-order valence-electron chi connectivity index (χ3n) is 3.79. The first-order valence-corrected chi connectivity index (χ1v) is 7.27. The van der Waals surface area contributed by atoms with Gasteiger partial charge in [0.1, 0.15) is 0 Å². The predicted molar refractivity (Wildman–Crippen MR) is 77.3 cm³/mol. The Hall–Kier alpha value is -0.540. The molecule has 1 heterocycles. The second kappa shape index (κ2) is 5.87. The third-order valence-corrected chi connectivity index (χ3v) is 4.29. The molecule has 94 valence electrons. The summed E-state index contributed by atoms with van der Waals surface area (Å²) in [4.78, 5) is 2.49. The molecule has 1 aliphatic heterocycles. The number of nitrogens with zero attached hydrogens (tertiary/aromatic N) is 1. The van der Waals surface area contributed by atoms with Crippen molar-refractivity contribution in [3.63, 3.8) is 0 Å². The first-order valence-electron chi connectivity index (χ1n) is 6.48. The van der Waals surface area contributed by atoms with Gasteiger partial charge in [-0.15, -0.1) is 0 Å². The smallest absolute Gasteiger partial charge is 0.0412 e. The van der Waals surface area contributed by atoms with Crippen LogP contribution in [0, 0.1) is 5.92 Å². The maximum atomic E-state index is 5.83. The number of halogens is 1. The average molecular weight is 297 g/mol. The largest absolute Gasteiger partial charge is 0.371 e. The van der Waals surface area contributed by atoms with Gasteiger partial charge in [0.25, 0.3) is 0 Å². The van der Waals surface area contributed by atoms with E-state index in [9.17, 15) is 0 Å². The summed E-state index contributed by atoms with van der Waals surface area (Å²) in [6, 6.07) is 6.44. The molecule has 0 amide bonds. The lowest BCUT2D eigenvalue weighted by Crippen LogP contribution is -2.34. The number of benzene rings is 1. The Morgan fingerprint density at radius 3 is 2.65 bits per heavy atom. The summed E-state index contributed by atoms with van der Waals surface area (Å²) >= 11 is 3.51. The molecule has 0 bridgehead atoms. The molecule has 0 aliphatic carbocycles. The summed E-state index contributed by atoms with van der Waals surface area (Å²) in [6.45, 7) is 5.26. The lowest BCUT2D eigenvalue weighted by atomic mass is 9.94. The van der Waals surface area contributed by atoms with Crippen molar-refractivity contribution in [2.24, 2.45) is 11.7 Å². The van der Waals surface area contributed by atoms with Gasteiger partial charge in [-0.1, -0.05) is 29.3 Å². The van der Waals surface area contributed by atoms with Crippen LogP contribution < -0.4 is 10.6 Å². The molecular weight excluding hydrogens is 276 g/mol. The Labute approximate surface area is 112 Å². The molecule has 2 nitrogen and oxygen atoms in total. The average Bonchev–Trinajstić information content (AvgIpc) is 2.39. The summed E-state index contributed by atoms with van der Waals surface area (Å²) < 4.78 is 1.12. The topological polar surface area (TPSA) is 29.3 Å². The second-order valence-electron chi connectivity index (χ2n) is 4.82. The molecule has 17 heavy (non-hydrogen) atoms. The van der Waals surface area contributed by atoms with Crippen LogP contribution in [0.2, 0.25) is 0 Å². The molecule has 3 heteroatoms. The van der Waals surface area contributed by atoms with Crippen LogP contribution in [-0.4, -0.2) is 13.1 Å². The Morgan fingerprint density at radius 2 is 2.06 bits per heavy atom. The SMILES string of the molecule is CCC1CCN(c2ccc(Br)cc2CN)CC1. The van der Waals surface area contributed by atoms with Crippen LogP contribution in [0.4, 0.5) is 5.69 Å². The fraction of sp³-hybridized carbons (Fsp3) is 0.571. The first-order chi connectivity index (χ1) is 8.24. The zero-order valence-corrected chi connectivity index (χ0v) is 12.0. The maximum Gasteiger partial charge on any atom is 0.0412 e. The summed E-state index contributed by atoms with van der Waals surface area (Å²) in [5.74, 6) is 0.919. The third kappa shape index (κ3) is 3.02. The van der Waals surface area contributed by atoms with Crippen LogP contribution in [0.3, 0.4) is 0 Å². The van der Waals surface area contributed by atoms with Gasteiger partial charge in [-0.25, -0.2) is 0 Å². The molecule has 1 saturated heterocycles. The molecule has 0 radical (unpaired) electrons. The van der Waals surface area contributed by atoms with Crippen molar-refractivity contribution in [3.8, 4) is 0 Å². The van der Waals surface area contributed by atoms with E-state index in [1.165, 1.54) is 43.6 Å². The highest BCUT2D eigenvalue weighted by Gasteiger charge is 2.19. The van der Waals surface area contributed by atoms with Gasteiger partial charge in [0.15, 0.2) is 0 Å². The molecule has 1 fully saturated rings. The first kappa shape index (κ1) is 12.9. The van der Waals surface area contributed by atoms with E-state index in [0.29, 0.717) is 6.54 Å². The highest BCUT2D eigenvalue weighted by Crippen LogP contribution is 2.29. The molecule has 1 aromatic carbocycles. The fourth-order valence-corrected chi connectivity index (χ4v) is 3.02. The van der Waals surface area contributed by atoms with Crippen molar-refractivity contribution < 1.29 is 0 Å². The number of piperidine rings is 1. The number of nitrogens with two attached hydrogens (primary N) is 1. The second-order valence-corrected chi connectivity index (χ2v) is 5.73. The molecule has 0 aromatic heterocycles. The normalized spacial score (nSPS) is 17.5. The van der Waals surface area contributed by atoms with Crippen LogP contribution >= 0.6 is 15.9 Å². The van der Waals surface area contributed by atoms with Gasteiger partial charge in [-0.2, -0.15) is 0 Å². The molecule has 1 aromatic rings. The number of hydrogen-bond donors (Lipinski definition) is 1. The summed E-state index contributed by atoms with van der Waals surface area (Å²) in [5.41, 5.74) is 8.40. The Kier molecular flexibility index (Phi) is 4.46. The van der Waals surface area contributed by atoms with Crippen LogP contribution in [0.5, 0.6) is 0 Å². The van der Waals surface area contributed by atoms with E-state index in [4.69, 9.17) is 5.73 Å². The quantitative estimate of drug-likeness (QED) is 0.924. The molecule has 1 aliphatic rings. The molecule has 2 N–H and O–H groups in total. The fourth-order valence-electron chi connectivity index (χ4n) is 2.61. The molecule has 0 spiro atoms. The van der Waals surface area contributed by atoms with Gasteiger partial charge in [-0.3, -0.25) is 0 Å². The van der Waals surface area contributed by atoms with Gasteiger partial charge < -0.3 is 10.6 Å². The van der Waals surface area contributed by atoms with Crippen molar-refractivity contribution >= 4 is 21.6 Å². The lowest BCUT2D eigenvalue weighted by Gasteiger charge is -2.34. The minimum absolute atomic E-state index is 0.614. The van der Waals surface area contributed by atoms with Crippen molar-refractivity contribution in [1.29, 1.82) is 0 Å². The Bertz CT molecular complexity index is 370. The predicted octanol–water partition coefficient (Wildman–Crippen LogP) is 3.53. The van der Waals surface area contributed by atoms with Crippen molar-refractivity contribution in [2.45, 2.75) is 32.7 Å². The van der Waals surface area contributed by atoms with Crippen LogP contribution in [-0.2, 0) is 6.54 Å². The number of hydrogen-bond acceptors (Lipinski definition) is 2. The minimum atomic E-state index is 0.614. The van der Waals surface area contributed by atoms with Crippen LogP contribution in [0.15, 0.2) is 22.7 Å². The zero-order chi connectivity index (χ0) is 12.3. The van der Waals surface area contributed by atoms with Crippen LogP contribution in [0.25, 0.3) is 0 Å². The van der Waals surface area contributed by atoms with Crippen LogP contribution in [0.1, 0.15) is 31.7 Å². The van der Waals surface area contributed by atoms with E-state index in [-0.39, 0.29) is 0 Å². The summed E-state index contributed by atoms with van der Waals surface area (Å²) in [5, 5.41) is 0. The van der Waals surface area contributed by atoms with E-state index in [1.54, 1.807) is 0 Å². The van der Waals surface area contributed by atoms with E-state index in [1.807, 2.05) is 0 Å². The van der Waals surface area contributed by atoms with Gasteiger partial charge >= 0.3 is 0 Å². The molecule has 0 atom stereocenters. The number of rotatable bonds is 3.